The molecule has 0 atom stereocenters. The normalized spacial score (nSPS) is 17.9. The third kappa shape index (κ3) is 3.68. The predicted molar refractivity (Wildman–Crippen MR) is 105 cm³/mol. The number of carbonyl (C=O) groups excluding carboxylic acids is 1. The van der Waals surface area contributed by atoms with Crippen molar-refractivity contribution in [1.29, 1.82) is 0 Å². The van der Waals surface area contributed by atoms with Gasteiger partial charge in [0, 0.05) is 25.2 Å². The first-order valence-electron chi connectivity index (χ1n) is 9.86. The van der Waals surface area contributed by atoms with Gasteiger partial charge in [0.05, 0.1) is 0 Å². The molecule has 0 unspecified atom stereocenters. The van der Waals surface area contributed by atoms with Crippen molar-refractivity contribution in [2.24, 2.45) is 0 Å². The van der Waals surface area contributed by atoms with Crippen LogP contribution in [-0.4, -0.2) is 41.9 Å². The van der Waals surface area contributed by atoms with Gasteiger partial charge in [-0.25, -0.2) is 0 Å². The number of carbonyl (C=O) groups is 1. The number of rotatable bonds is 4. The van der Waals surface area contributed by atoms with E-state index in [9.17, 15) is 4.79 Å². The van der Waals surface area contributed by atoms with E-state index >= 15 is 0 Å². The van der Waals surface area contributed by atoms with Gasteiger partial charge in [-0.05, 0) is 67.6 Å². The summed E-state index contributed by atoms with van der Waals surface area (Å²) in [5, 5.41) is 0. The van der Waals surface area contributed by atoms with Gasteiger partial charge in [0.15, 0.2) is 0 Å². The van der Waals surface area contributed by atoms with Gasteiger partial charge in [-0.2, -0.15) is 0 Å². The summed E-state index contributed by atoms with van der Waals surface area (Å²) in [7, 11) is 1.94. The molecule has 0 radical (unpaired) electrons. The van der Waals surface area contributed by atoms with Crippen LogP contribution in [0.2, 0.25) is 0 Å². The summed E-state index contributed by atoms with van der Waals surface area (Å²) >= 11 is 0. The molecule has 1 amide bonds. The molecule has 3 heteroatoms. The molecule has 3 nitrogen and oxygen atoms in total. The van der Waals surface area contributed by atoms with E-state index in [2.05, 4.69) is 41.3 Å². The van der Waals surface area contributed by atoms with Gasteiger partial charge in [0.2, 0.25) is 0 Å². The first kappa shape index (κ1) is 17.3. The largest absolute Gasteiger partial charge is 0.338 e. The van der Waals surface area contributed by atoms with Crippen LogP contribution in [-0.2, 0) is 19.4 Å². The van der Waals surface area contributed by atoms with Gasteiger partial charge in [-0.3, -0.25) is 9.69 Å². The van der Waals surface area contributed by atoms with E-state index in [4.69, 9.17) is 0 Å². The molecule has 4 rings (SSSR count). The molecule has 26 heavy (non-hydrogen) atoms. The highest BCUT2D eigenvalue weighted by Crippen LogP contribution is 2.25. The fraction of sp³-hybridized carbons (Fsp3) is 0.435. The van der Waals surface area contributed by atoms with Crippen LogP contribution in [0.25, 0.3) is 0 Å². The third-order valence-corrected chi connectivity index (χ3v) is 5.95. The Hall–Kier alpha value is -2.13. The molecule has 136 valence electrons. The average molecular weight is 348 g/mol. The topological polar surface area (TPSA) is 23.6 Å². The highest BCUT2D eigenvalue weighted by molar-refractivity contribution is 5.94. The van der Waals surface area contributed by atoms with E-state index in [0.29, 0.717) is 0 Å². The molecule has 0 N–H and O–H groups in total. The first-order valence-corrected chi connectivity index (χ1v) is 9.86. The number of amides is 1. The van der Waals surface area contributed by atoms with Crippen molar-refractivity contribution in [2.45, 2.75) is 44.7 Å². The number of hydrogen-bond acceptors (Lipinski definition) is 2. The standard InChI is InChI=1S/C23H28N2O/c1-24(22-15-20-7-3-4-8-21(20)16-22)23(26)19-11-9-18(10-12-19)17-25-13-5-2-6-14-25/h3-4,7-12,22H,2,5-6,13-17H2,1H3. The van der Waals surface area contributed by atoms with Crippen LogP contribution in [0.4, 0.5) is 0 Å². The highest BCUT2D eigenvalue weighted by Gasteiger charge is 2.27. The molecule has 0 spiro atoms. The molecule has 2 aromatic rings. The maximum atomic E-state index is 12.9. The lowest BCUT2D eigenvalue weighted by Crippen LogP contribution is -2.37. The van der Waals surface area contributed by atoms with E-state index in [1.165, 1.54) is 49.0 Å². The molecule has 2 aromatic carbocycles. The molecule has 0 aromatic heterocycles. The summed E-state index contributed by atoms with van der Waals surface area (Å²) in [6, 6.07) is 17.1. The number of likely N-dealkylation sites (tertiary alicyclic amines) is 1. The van der Waals surface area contributed by atoms with Crippen LogP contribution in [0.1, 0.15) is 46.3 Å². The summed E-state index contributed by atoms with van der Waals surface area (Å²) in [5.41, 5.74) is 4.87. The van der Waals surface area contributed by atoms with E-state index < -0.39 is 0 Å². The van der Waals surface area contributed by atoms with E-state index in [-0.39, 0.29) is 11.9 Å². The second kappa shape index (κ2) is 7.63. The lowest BCUT2D eigenvalue weighted by Gasteiger charge is -2.27. The summed E-state index contributed by atoms with van der Waals surface area (Å²) < 4.78 is 0. The first-order chi connectivity index (χ1) is 12.7. The Morgan fingerprint density at radius 3 is 2.19 bits per heavy atom. The van der Waals surface area contributed by atoms with Gasteiger partial charge >= 0.3 is 0 Å². The summed E-state index contributed by atoms with van der Waals surface area (Å²) in [6.45, 7) is 3.40. The number of likely N-dealkylation sites (N-methyl/N-ethyl adjacent to an activating group) is 1. The Kier molecular flexibility index (Phi) is 5.07. The quantitative estimate of drug-likeness (QED) is 0.836. The molecule has 1 aliphatic heterocycles. The smallest absolute Gasteiger partial charge is 0.253 e. The second-order valence-corrected chi connectivity index (χ2v) is 7.78. The number of piperidine rings is 1. The van der Waals surface area contributed by atoms with E-state index in [0.717, 1.165) is 24.9 Å². The van der Waals surface area contributed by atoms with E-state index in [1.807, 2.05) is 24.1 Å². The van der Waals surface area contributed by atoms with Crippen molar-refractivity contribution in [1.82, 2.24) is 9.80 Å². The van der Waals surface area contributed by atoms with Crippen LogP contribution >= 0.6 is 0 Å². The number of hydrogen-bond donors (Lipinski definition) is 0. The molecule has 1 heterocycles. The zero-order valence-electron chi connectivity index (χ0n) is 15.7. The van der Waals surface area contributed by atoms with Crippen molar-refractivity contribution in [3.05, 3.63) is 70.8 Å². The minimum atomic E-state index is 0.132. The Morgan fingerprint density at radius 1 is 0.962 bits per heavy atom. The Labute approximate surface area is 156 Å². The monoisotopic (exact) mass is 348 g/mol. The lowest BCUT2D eigenvalue weighted by atomic mass is 10.1. The molecular formula is C23H28N2O. The molecule has 2 aliphatic rings. The van der Waals surface area contributed by atoms with Gasteiger partial charge in [-0.15, -0.1) is 0 Å². The van der Waals surface area contributed by atoms with Crippen molar-refractivity contribution in [2.75, 3.05) is 20.1 Å². The number of nitrogens with zero attached hydrogens (tertiary/aromatic N) is 2. The Bertz CT molecular complexity index is 737. The number of benzene rings is 2. The van der Waals surface area contributed by atoms with Crippen molar-refractivity contribution >= 4 is 5.91 Å². The van der Waals surface area contributed by atoms with Crippen LogP contribution in [0.3, 0.4) is 0 Å². The second-order valence-electron chi connectivity index (χ2n) is 7.78. The molecular weight excluding hydrogens is 320 g/mol. The predicted octanol–water partition coefficient (Wildman–Crippen LogP) is 3.91. The maximum absolute atomic E-state index is 12.9. The highest BCUT2D eigenvalue weighted by atomic mass is 16.2. The molecule has 1 aliphatic carbocycles. The molecule has 0 saturated carbocycles. The lowest BCUT2D eigenvalue weighted by molar-refractivity contribution is 0.0737. The zero-order chi connectivity index (χ0) is 17.9. The van der Waals surface area contributed by atoms with Gasteiger partial charge in [0.25, 0.3) is 5.91 Å². The van der Waals surface area contributed by atoms with Crippen molar-refractivity contribution in [3.8, 4) is 0 Å². The fourth-order valence-electron chi connectivity index (χ4n) is 4.31. The summed E-state index contributed by atoms with van der Waals surface area (Å²) in [6.07, 6.45) is 5.91. The summed E-state index contributed by atoms with van der Waals surface area (Å²) in [5.74, 6) is 0.132. The maximum Gasteiger partial charge on any atom is 0.253 e. The Morgan fingerprint density at radius 2 is 1.58 bits per heavy atom. The van der Waals surface area contributed by atoms with Gasteiger partial charge < -0.3 is 4.90 Å². The summed E-state index contributed by atoms with van der Waals surface area (Å²) in [4.78, 5) is 17.3. The number of fused-ring (bicyclic) bond motifs is 1. The minimum absolute atomic E-state index is 0.132. The van der Waals surface area contributed by atoms with E-state index in [1.54, 1.807) is 0 Å². The SMILES string of the molecule is CN(C(=O)c1ccc(CN2CCCCC2)cc1)C1Cc2ccccc2C1. The molecule has 1 saturated heterocycles. The van der Waals surface area contributed by atoms with Gasteiger partial charge in [0.1, 0.15) is 0 Å². The van der Waals surface area contributed by atoms with Gasteiger partial charge in [-0.1, -0.05) is 42.8 Å². The Balaban J connectivity index is 1.38. The average Bonchev–Trinajstić information content (AvgIpc) is 3.12. The van der Waals surface area contributed by atoms with Crippen LogP contribution in [0, 0.1) is 0 Å². The van der Waals surface area contributed by atoms with Crippen molar-refractivity contribution in [3.63, 3.8) is 0 Å². The molecule has 0 bridgehead atoms. The molecule has 1 fully saturated rings. The third-order valence-electron chi connectivity index (χ3n) is 5.95. The van der Waals surface area contributed by atoms with Crippen molar-refractivity contribution < 1.29 is 4.79 Å². The zero-order valence-corrected chi connectivity index (χ0v) is 15.7. The van der Waals surface area contributed by atoms with Crippen LogP contribution < -0.4 is 0 Å². The minimum Gasteiger partial charge on any atom is -0.338 e. The fourth-order valence-corrected chi connectivity index (χ4v) is 4.31. The van der Waals surface area contributed by atoms with Crippen LogP contribution in [0.5, 0.6) is 0 Å². The van der Waals surface area contributed by atoms with Crippen LogP contribution in [0.15, 0.2) is 48.5 Å².